The standard InChI is InChI=1S/C8H14N2O2/c1-2-3-4-5-6-7(11)9-10-8(6)12/h2-5H2,1H3,(H3,9,10,11,12). The van der Waals surface area contributed by atoms with Gasteiger partial charge in [0.25, 0.3) is 5.56 Å². The summed E-state index contributed by atoms with van der Waals surface area (Å²) in [6, 6.07) is 0. The lowest BCUT2D eigenvalue weighted by atomic mass is 10.1. The molecule has 0 aromatic carbocycles. The zero-order chi connectivity index (χ0) is 8.97. The first-order valence-electron chi connectivity index (χ1n) is 4.24. The molecule has 12 heavy (non-hydrogen) atoms. The van der Waals surface area contributed by atoms with Crippen LogP contribution < -0.4 is 5.56 Å². The molecular formula is C8H14N2O2. The second-order valence-electron chi connectivity index (χ2n) is 2.86. The van der Waals surface area contributed by atoms with Crippen LogP contribution in [0.1, 0.15) is 31.7 Å². The molecule has 1 rings (SSSR count). The Hall–Kier alpha value is -1.19. The second-order valence-corrected chi connectivity index (χ2v) is 2.86. The van der Waals surface area contributed by atoms with Gasteiger partial charge >= 0.3 is 0 Å². The van der Waals surface area contributed by atoms with Crippen LogP contribution in [-0.2, 0) is 6.42 Å². The van der Waals surface area contributed by atoms with Crippen molar-refractivity contribution in [1.29, 1.82) is 0 Å². The highest BCUT2D eigenvalue weighted by Gasteiger charge is 2.06. The fourth-order valence-electron chi connectivity index (χ4n) is 1.16. The molecule has 0 radical (unpaired) electrons. The van der Waals surface area contributed by atoms with Crippen molar-refractivity contribution >= 4 is 0 Å². The summed E-state index contributed by atoms with van der Waals surface area (Å²) in [6.07, 6.45) is 3.80. The highest BCUT2D eigenvalue weighted by molar-refractivity contribution is 5.20. The molecule has 0 saturated carbocycles. The molecule has 0 atom stereocenters. The van der Waals surface area contributed by atoms with Crippen LogP contribution in [0.25, 0.3) is 0 Å². The van der Waals surface area contributed by atoms with Crippen molar-refractivity contribution in [3.8, 4) is 5.88 Å². The number of hydrogen-bond donors (Lipinski definition) is 3. The van der Waals surface area contributed by atoms with Crippen LogP contribution in [0.2, 0.25) is 0 Å². The predicted octanol–water partition coefficient (Wildman–Crippen LogP) is 1.14. The van der Waals surface area contributed by atoms with Gasteiger partial charge in [0.2, 0.25) is 5.88 Å². The first kappa shape index (κ1) is 8.90. The van der Waals surface area contributed by atoms with E-state index in [2.05, 4.69) is 17.1 Å². The third kappa shape index (κ3) is 1.90. The van der Waals surface area contributed by atoms with Crippen LogP contribution in [-0.4, -0.2) is 15.3 Å². The lowest BCUT2D eigenvalue weighted by molar-refractivity contribution is 0.444. The average molecular weight is 170 g/mol. The van der Waals surface area contributed by atoms with Gasteiger partial charge < -0.3 is 5.11 Å². The summed E-state index contributed by atoms with van der Waals surface area (Å²) in [5.74, 6) is -0.0175. The maximum atomic E-state index is 11.0. The molecule has 3 N–H and O–H groups in total. The van der Waals surface area contributed by atoms with E-state index in [9.17, 15) is 4.79 Å². The second kappa shape index (κ2) is 3.99. The molecule has 0 aliphatic rings. The van der Waals surface area contributed by atoms with Crippen LogP contribution in [0, 0.1) is 0 Å². The molecule has 0 saturated heterocycles. The molecule has 4 nitrogen and oxygen atoms in total. The molecule has 0 aliphatic heterocycles. The Morgan fingerprint density at radius 2 is 2.08 bits per heavy atom. The van der Waals surface area contributed by atoms with Gasteiger partial charge in [-0.3, -0.25) is 15.0 Å². The van der Waals surface area contributed by atoms with Crippen molar-refractivity contribution in [2.24, 2.45) is 0 Å². The third-order valence-electron chi connectivity index (χ3n) is 1.88. The number of aromatic amines is 2. The summed E-state index contributed by atoms with van der Waals surface area (Å²) in [4.78, 5) is 11.0. The molecule has 0 bridgehead atoms. The van der Waals surface area contributed by atoms with Gasteiger partial charge in [0.1, 0.15) is 0 Å². The number of aromatic nitrogens is 2. The Balaban J connectivity index is 2.56. The molecule has 68 valence electrons. The maximum absolute atomic E-state index is 11.0. The highest BCUT2D eigenvalue weighted by Crippen LogP contribution is 2.10. The van der Waals surface area contributed by atoms with E-state index in [-0.39, 0.29) is 11.4 Å². The topological polar surface area (TPSA) is 68.9 Å². The number of hydrogen-bond acceptors (Lipinski definition) is 2. The smallest absolute Gasteiger partial charge is 0.271 e. The molecule has 1 aromatic rings. The van der Waals surface area contributed by atoms with Crippen LogP contribution in [0.5, 0.6) is 5.88 Å². The summed E-state index contributed by atoms with van der Waals surface area (Å²) in [5, 5.41) is 13.9. The van der Waals surface area contributed by atoms with Crippen molar-refractivity contribution in [3.05, 3.63) is 15.9 Å². The first-order chi connectivity index (χ1) is 5.75. The van der Waals surface area contributed by atoms with Gasteiger partial charge in [-0.2, -0.15) is 0 Å². The molecule has 0 fully saturated rings. The summed E-state index contributed by atoms with van der Waals surface area (Å²) < 4.78 is 0. The van der Waals surface area contributed by atoms with Crippen molar-refractivity contribution in [1.82, 2.24) is 10.2 Å². The molecule has 4 heteroatoms. The summed E-state index contributed by atoms with van der Waals surface area (Å²) in [6.45, 7) is 2.10. The van der Waals surface area contributed by atoms with Crippen molar-refractivity contribution in [2.75, 3.05) is 0 Å². The number of nitrogens with one attached hydrogen (secondary N) is 2. The van der Waals surface area contributed by atoms with E-state index in [0.29, 0.717) is 12.0 Å². The van der Waals surface area contributed by atoms with E-state index in [1.54, 1.807) is 0 Å². The quantitative estimate of drug-likeness (QED) is 0.593. The minimum Gasteiger partial charge on any atom is -0.493 e. The maximum Gasteiger partial charge on any atom is 0.271 e. The van der Waals surface area contributed by atoms with E-state index >= 15 is 0 Å². The Morgan fingerprint density at radius 1 is 1.33 bits per heavy atom. The van der Waals surface area contributed by atoms with Gasteiger partial charge in [0.05, 0.1) is 5.56 Å². The lowest BCUT2D eigenvalue weighted by Gasteiger charge is -1.94. The summed E-state index contributed by atoms with van der Waals surface area (Å²) in [5.41, 5.74) is 0.270. The van der Waals surface area contributed by atoms with E-state index in [1.807, 2.05) is 0 Å². The molecule has 1 heterocycles. The highest BCUT2D eigenvalue weighted by atomic mass is 16.3. The van der Waals surface area contributed by atoms with Gasteiger partial charge in [-0.05, 0) is 12.8 Å². The Morgan fingerprint density at radius 3 is 2.58 bits per heavy atom. The van der Waals surface area contributed by atoms with Crippen LogP contribution in [0.15, 0.2) is 4.79 Å². The minimum absolute atomic E-state index is 0.0175. The van der Waals surface area contributed by atoms with Gasteiger partial charge in [-0.1, -0.05) is 19.8 Å². The van der Waals surface area contributed by atoms with Crippen LogP contribution >= 0.6 is 0 Å². The summed E-state index contributed by atoms with van der Waals surface area (Å²) in [7, 11) is 0. The van der Waals surface area contributed by atoms with E-state index in [1.165, 1.54) is 0 Å². The molecule has 0 aliphatic carbocycles. The lowest BCUT2D eigenvalue weighted by Crippen LogP contribution is -2.05. The molecular weight excluding hydrogens is 156 g/mol. The predicted molar refractivity (Wildman–Crippen MR) is 46.3 cm³/mol. The number of unbranched alkanes of at least 4 members (excludes halogenated alkanes) is 2. The van der Waals surface area contributed by atoms with Gasteiger partial charge in [-0.15, -0.1) is 0 Å². The monoisotopic (exact) mass is 170 g/mol. The molecule has 0 spiro atoms. The Kier molecular flexibility index (Phi) is 2.96. The van der Waals surface area contributed by atoms with Gasteiger partial charge in [0.15, 0.2) is 0 Å². The molecule has 0 amide bonds. The molecule has 0 unspecified atom stereocenters. The van der Waals surface area contributed by atoms with Gasteiger partial charge in [-0.25, -0.2) is 0 Å². The van der Waals surface area contributed by atoms with E-state index in [4.69, 9.17) is 5.11 Å². The SMILES string of the molecule is CCCCCc1c(O)[nH][nH]c1=O. The third-order valence-corrected chi connectivity index (χ3v) is 1.88. The van der Waals surface area contributed by atoms with Crippen molar-refractivity contribution in [3.63, 3.8) is 0 Å². The van der Waals surface area contributed by atoms with Crippen molar-refractivity contribution < 1.29 is 5.11 Å². The van der Waals surface area contributed by atoms with Gasteiger partial charge in [0, 0.05) is 0 Å². The van der Waals surface area contributed by atoms with Crippen molar-refractivity contribution in [2.45, 2.75) is 32.6 Å². The van der Waals surface area contributed by atoms with E-state index in [0.717, 1.165) is 19.3 Å². The first-order valence-corrected chi connectivity index (χ1v) is 4.24. The minimum atomic E-state index is -0.205. The zero-order valence-corrected chi connectivity index (χ0v) is 7.18. The fraction of sp³-hybridized carbons (Fsp3) is 0.625. The Bertz CT molecular complexity index is 287. The largest absolute Gasteiger partial charge is 0.493 e. The average Bonchev–Trinajstić information content (AvgIpc) is 2.35. The fourth-order valence-corrected chi connectivity index (χ4v) is 1.16. The van der Waals surface area contributed by atoms with Crippen LogP contribution in [0.4, 0.5) is 0 Å². The number of rotatable bonds is 4. The number of aromatic hydroxyl groups is 1. The molecule has 1 aromatic heterocycles. The Labute approximate surface area is 70.6 Å². The van der Waals surface area contributed by atoms with E-state index < -0.39 is 0 Å². The normalized spacial score (nSPS) is 10.4. The van der Waals surface area contributed by atoms with Crippen LogP contribution in [0.3, 0.4) is 0 Å². The summed E-state index contributed by atoms with van der Waals surface area (Å²) >= 11 is 0. The zero-order valence-electron chi connectivity index (χ0n) is 7.18. The number of H-pyrrole nitrogens is 2.